The van der Waals surface area contributed by atoms with Crippen LogP contribution in [0.4, 0.5) is 0 Å². The number of nitrogens with zero attached hydrogens (tertiary/aromatic N) is 4. The molecule has 1 aliphatic heterocycles. The molecule has 3 N–H and O–H groups in total. The summed E-state index contributed by atoms with van der Waals surface area (Å²) in [5.74, 6) is 1.01. The van der Waals surface area contributed by atoms with Gasteiger partial charge in [-0.05, 0) is 87.4 Å². The normalized spacial score (nSPS) is 20.0. The molecule has 3 heterocycles. The molecule has 1 saturated carbocycles. The van der Waals surface area contributed by atoms with Gasteiger partial charge >= 0.3 is 5.97 Å². The predicted octanol–water partition coefficient (Wildman–Crippen LogP) is 6.71. The number of aliphatic hydroxyl groups excluding tert-OH is 1. The number of hydrogen-bond donors (Lipinski definition) is 3. The Hall–Kier alpha value is -5.01. The fraction of sp³-hybridized carbons (Fsp3) is 0.432. The highest BCUT2D eigenvalue weighted by Crippen LogP contribution is 2.39. The number of fused-ring (bicyclic) bond motifs is 1. The van der Waals surface area contributed by atoms with Crippen molar-refractivity contribution in [1.29, 1.82) is 0 Å². The van der Waals surface area contributed by atoms with Crippen LogP contribution in [0.1, 0.15) is 54.4 Å². The molecule has 56 heavy (non-hydrogen) atoms. The first-order valence-electron chi connectivity index (χ1n) is 19.4. The standard InChI is InChI=1S/C44H53N5O7/c1-26-19-38(47-43(55-6)36(26)24-48(3)29-15-13-28(14-16-29)44(51)52)32-10-7-9-31(27(32)2)33-11-8-12-39-34(33)23-46-49(39)30-20-41(53-4)35(42(21-30)54-5)22-45-37-17-18-56-25-40(37)50/h7-12,19-21,23,28-29,37,40,45,50H,13-18,22,24-25H2,1-6H3,(H,51,52)/t28?,29?,37-,40+/m1/s1. The number of ether oxygens (including phenoxy) is 4. The Morgan fingerprint density at radius 1 is 0.929 bits per heavy atom. The maximum Gasteiger partial charge on any atom is 0.306 e. The first-order valence-corrected chi connectivity index (χ1v) is 19.4. The van der Waals surface area contributed by atoms with Gasteiger partial charge in [-0.3, -0.25) is 9.69 Å². The largest absolute Gasteiger partial charge is 0.496 e. The van der Waals surface area contributed by atoms with Crippen molar-refractivity contribution in [2.75, 3.05) is 41.6 Å². The summed E-state index contributed by atoms with van der Waals surface area (Å²) in [7, 11) is 7.07. The lowest BCUT2D eigenvalue weighted by Crippen LogP contribution is -2.46. The second kappa shape index (κ2) is 17.0. The average Bonchev–Trinajstić information content (AvgIpc) is 3.65. The van der Waals surface area contributed by atoms with E-state index in [1.165, 1.54) is 0 Å². The van der Waals surface area contributed by atoms with E-state index in [0.29, 0.717) is 62.6 Å². The average molecular weight is 764 g/mol. The molecule has 3 aromatic carbocycles. The van der Waals surface area contributed by atoms with Crippen LogP contribution in [0.5, 0.6) is 17.4 Å². The molecule has 296 valence electrons. The van der Waals surface area contributed by atoms with Crippen molar-refractivity contribution in [1.82, 2.24) is 25.0 Å². The SMILES string of the molecule is COc1cc(-n2ncc3c(-c4cccc(-c5cc(C)c(CN(C)C6CCC(C(=O)O)CC6)c(OC)n5)c4C)cccc32)cc(OC)c1CN[C@@H]1CCOC[C@@H]1O. The highest BCUT2D eigenvalue weighted by atomic mass is 16.5. The molecular weight excluding hydrogens is 711 g/mol. The van der Waals surface area contributed by atoms with Crippen molar-refractivity contribution in [3.05, 3.63) is 83.0 Å². The summed E-state index contributed by atoms with van der Waals surface area (Å²) in [5, 5.41) is 29.2. The number of rotatable bonds is 13. The lowest BCUT2D eigenvalue weighted by Gasteiger charge is -2.34. The summed E-state index contributed by atoms with van der Waals surface area (Å²) in [4.78, 5) is 18.9. The van der Waals surface area contributed by atoms with E-state index in [1.807, 2.05) is 23.0 Å². The van der Waals surface area contributed by atoms with E-state index < -0.39 is 12.1 Å². The van der Waals surface area contributed by atoms with Crippen molar-refractivity contribution in [2.24, 2.45) is 5.92 Å². The molecule has 12 nitrogen and oxygen atoms in total. The summed E-state index contributed by atoms with van der Waals surface area (Å²) < 4.78 is 25.0. The fourth-order valence-corrected chi connectivity index (χ4v) is 8.47. The molecule has 0 amide bonds. The predicted molar refractivity (Wildman–Crippen MR) is 216 cm³/mol. The number of aliphatic hydroxyl groups is 1. The van der Waals surface area contributed by atoms with E-state index >= 15 is 0 Å². The van der Waals surface area contributed by atoms with Crippen LogP contribution >= 0.6 is 0 Å². The van der Waals surface area contributed by atoms with E-state index in [0.717, 1.165) is 80.5 Å². The lowest BCUT2D eigenvalue weighted by molar-refractivity contribution is -0.143. The van der Waals surface area contributed by atoms with Crippen LogP contribution in [-0.4, -0.2) is 95.6 Å². The zero-order valence-electron chi connectivity index (χ0n) is 33.2. The zero-order valence-corrected chi connectivity index (χ0v) is 33.2. The second-order valence-corrected chi connectivity index (χ2v) is 15.1. The Labute approximate surface area is 328 Å². The minimum absolute atomic E-state index is 0.0781. The number of hydrogen-bond acceptors (Lipinski definition) is 10. The third-order valence-corrected chi connectivity index (χ3v) is 11.8. The van der Waals surface area contributed by atoms with E-state index in [9.17, 15) is 15.0 Å². The number of nitrogens with one attached hydrogen (secondary N) is 1. The van der Waals surface area contributed by atoms with E-state index in [-0.39, 0.29) is 12.0 Å². The number of carboxylic acids is 1. The third-order valence-electron chi connectivity index (χ3n) is 11.8. The number of carbonyl (C=O) groups is 1. The van der Waals surface area contributed by atoms with Gasteiger partial charge in [-0.25, -0.2) is 9.67 Å². The quantitative estimate of drug-likeness (QED) is 0.118. The van der Waals surface area contributed by atoms with E-state index in [2.05, 4.69) is 73.6 Å². The lowest BCUT2D eigenvalue weighted by atomic mass is 9.85. The summed E-state index contributed by atoms with van der Waals surface area (Å²) in [6, 6.07) is 18.9. The number of benzene rings is 3. The first kappa shape index (κ1) is 39.2. The van der Waals surface area contributed by atoms with Crippen LogP contribution in [0.25, 0.3) is 39.0 Å². The van der Waals surface area contributed by atoms with Gasteiger partial charge in [0.15, 0.2) is 0 Å². The van der Waals surface area contributed by atoms with Gasteiger partial charge in [-0.2, -0.15) is 5.10 Å². The Bertz CT molecular complexity index is 2170. The molecular formula is C44H53N5O7. The number of pyridine rings is 1. The number of aromatic nitrogens is 3. The van der Waals surface area contributed by atoms with E-state index in [4.69, 9.17) is 29.0 Å². The van der Waals surface area contributed by atoms with Crippen LogP contribution in [0.15, 0.2) is 60.8 Å². The summed E-state index contributed by atoms with van der Waals surface area (Å²) in [5.41, 5.74) is 9.84. The molecule has 2 fully saturated rings. The first-order chi connectivity index (χ1) is 27.1. The Balaban J connectivity index is 1.17. The smallest absolute Gasteiger partial charge is 0.306 e. The molecule has 0 unspecified atom stereocenters. The molecule has 2 atom stereocenters. The Morgan fingerprint density at radius 2 is 1.62 bits per heavy atom. The molecule has 0 spiro atoms. The summed E-state index contributed by atoms with van der Waals surface area (Å²) >= 11 is 0. The van der Waals surface area contributed by atoms with Crippen LogP contribution in [0.3, 0.4) is 0 Å². The maximum absolute atomic E-state index is 11.5. The van der Waals surface area contributed by atoms with Crippen molar-refractivity contribution in [2.45, 2.75) is 77.2 Å². The topological polar surface area (TPSA) is 140 Å². The van der Waals surface area contributed by atoms with Crippen LogP contribution in [0, 0.1) is 19.8 Å². The Kier molecular flexibility index (Phi) is 11.9. The number of aryl methyl sites for hydroxylation is 1. The minimum Gasteiger partial charge on any atom is -0.496 e. The van der Waals surface area contributed by atoms with Gasteiger partial charge in [-0.15, -0.1) is 0 Å². The molecule has 0 radical (unpaired) electrons. The molecule has 5 aromatic rings. The van der Waals surface area contributed by atoms with Crippen molar-refractivity contribution in [3.63, 3.8) is 0 Å². The fourth-order valence-electron chi connectivity index (χ4n) is 8.47. The number of aliphatic carboxylic acids is 1. The minimum atomic E-state index is -0.684. The molecule has 2 aromatic heterocycles. The molecule has 7 rings (SSSR count). The molecule has 12 heteroatoms. The monoisotopic (exact) mass is 763 g/mol. The number of methoxy groups -OCH3 is 3. The second-order valence-electron chi connectivity index (χ2n) is 15.1. The van der Waals surface area contributed by atoms with Gasteiger partial charge < -0.3 is 34.5 Å². The van der Waals surface area contributed by atoms with Gasteiger partial charge in [0, 0.05) is 60.4 Å². The molecule has 2 aliphatic rings. The Morgan fingerprint density at radius 3 is 2.30 bits per heavy atom. The summed E-state index contributed by atoms with van der Waals surface area (Å²) in [6.07, 6.45) is 5.22. The van der Waals surface area contributed by atoms with Crippen LogP contribution in [-0.2, 0) is 22.6 Å². The van der Waals surface area contributed by atoms with Gasteiger partial charge in [0.05, 0.1) is 68.6 Å². The highest BCUT2D eigenvalue weighted by Gasteiger charge is 2.29. The molecule has 0 bridgehead atoms. The van der Waals surface area contributed by atoms with Crippen LogP contribution in [0.2, 0.25) is 0 Å². The zero-order chi connectivity index (χ0) is 39.5. The van der Waals surface area contributed by atoms with Gasteiger partial charge in [0.2, 0.25) is 5.88 Å². The van der Waals surface area contributed by atoms with Gasteiger partial charge in [0.1, 0.15) is 11.5 Å². The third kappa shape index (κ3) is 7.84. The molecule has 1 aliphatic carbocycles. The van der Waals surface area contributed by atoms with E-state index in [1.54, 1.807) is 21.3 Å². The van der Waals surface area contributed by atoms with Crippen molar-refractivity contribution < 1.29 is 34.0 Å². The summed E-state index contributed by atoms with van der Waals surface area (Å²) in [6.45, 7) is 6.31. The maximum atomic E-state index is 11.5. The number of carboxylic acid groups (broad SMARTS) is 1. The highest BCUT2D eigenvalue weighted by molar-refractivity contribution is 5.97. The van der Waals surface area contributed by atoms with Crippen LogP contribution < -0.4 is 19.5 Å². The van der Waals surface area contributed by atoms with Crippen molar-refractivity contribution >= 4 is 16.9 Å². The van der Waals surface area contributed by atoms with Gasteiger partial charge in [-0.1, -0.05) is 30.3 Å². The molecule has 1 saturated heterocycles. The van der Waals surface area contributed by atoms with Crippen molar-refractivity contribution in [3.8, 4) is 45.5 Å². The van der Waals surface area contributed by atoms with Gasteiger partial charge in [0.25, 0.3) is 0 Å².